The maximum atomic E-state index is 11.4. The molecule has 0 unspecified atom stereocenters. The van der Waals surface area contributed by atoms with Gasteiger partial charge >= 0.3 is 7.12 Å². The summed E-state index contributed by atoms with van der Waals surface area (Å²) in [6, 6.07) is 3.97. The normalized spacial score (nSPS) is 21.1. The highest BCUT2D eigenvalue weighted by atomic mass is 16.7. The minimum absolute atomic E-state index is 0.376. The van der Waals surface area contributed by atoms with Crippen LogP contribution in [0.25, 0.3) is 0 Å². The molecule has 1 aromatic rings. The maximum Gasteiger partial charge on any atom is 0.495 e. The first kappa shape index (κ1) is 17.2. The van der Waals surface area contributed by atoms with Crippen LogP contribution in [0.5, 0.6) is 0 Å². The lowest BCUT2D eigenvalue weighted by Gasteiger charge is -2.32. The number of carbonyl (C=O) groups excluding carboxylic acids is 1. The fraction of sp³-hybridized carbons (Fsp3) is 0.611. The van der Waals surface area contributed by atoms with Gasteiger partial charge in [0.1, 0.15) is 6.29 Å². The average molecular weight is 302 g/mol. The van der Waals surface area contributed by atoms with Gasteiger partial charge in [0.2, 0.25) is 0 Å². The van der Waals surface area contributed by atoms with E-state index < -0.39 is 7.12 Å². The van der Waals surface area contributed by atoms with E-state index in [-0.39, 0.29) is 11.2 Å². The third-order valence-electron chi connectivity index (χ3n) is 4.98. The topological polar surface area (TPSA) is 35.5 Å². The lowest BCUT2D eigenvalue weighted by molar-refractivity contribution is 0.00578. The zero-order valence-corrected chi connectivity index (χ0v) is 14.7. The maximum absolute atomic E-state index is 11.4. The predicted octanol–water partition coefficient (Wildman–Crippen LogP) is 3.31. The lowest BCUT2D eigenvalue weighted by atomic mass is 9.72. The average Bonchev–Trinajstić information content (AvgIpc) is 3.02. The van der Waals surface area contributed by atoms with E-state index in [1.807, 2.05) is 47.6 Å². The largest absolute Gasteiger partial charge is 0.495 e. The second-order valence-corrected chi connectivity index (χ2v) is 6.77. The fourth-order valence-corrected chi connectivity index (χ4v) is 3.06. The first-order valence-electron chi connectivity index (χ1n) is 8.31. The van der Waals surface area contributed by atoms with E-state index in [2.05, 4.69) is 6.07 Å². The van der Waals surface area contributed by atoms with Gasteiger partial charge in [-0.15, -0.1) is 0 Å². The number of aryl methyl sites for hydroxylation is 1. The minimum atomic E-state index is -0.437. The third kappa shape index (κ3) is 2.74. The Hall–Kier alpha value is -1.13. The summed E-state index contributed by atoms with van der Waals surface area (Å²) < 4.78 is 12.3. The number of hydrogen-bond donors (Lipinski definition) is 0. The predicted molar refractivity (Wildman–Crippen MR) is 90.9 cm³/mol. The molecule has 0 spiro atoms. The van der Waals surface area contributed by atoms with Gasteiger partial charge in [0, 0.05) is 5.56 Å². The second kappa shape index (κ2) is 6.17. The highest BCUT2D eigenvalue weighted by Crippen LogP contribution is 2.37. The van der Waals surface area contributed by atoms with Gasteiger partial charge in [0.15, 0.2) is 0 Å². The lowest BCUT2D eigenvalue weighted by Crippen LogP contribution is -2.41. The minimum Gasteiger partial charge on any atom is -0.399 e. The standard InChI is InChI=1S/C16H21BO3.C2H6/c1-15(2)16(3,4)20-17(19-15)14-12(10-18)9-8-11-6-5-7-13(11)14;1-2/h8-10H,5-7H2,1-4H3;1-2H3. The molecule has 0 radical (unpaired) electrons. The first-order valence-corrected chi connectivity index (χ1v) is 8.31. The van der Waals surface area contributed by atoms with Crippen molar-refractivity contribution in [1.29, 1.82) is 0 Å². The van der Waals surface area contributed by atoms with Crippen LogP contribution in [0.2, 0.25) is 0 Å². The van der Waals surface area contributed by atoms with Crippen molar-refractivity contribution in [2.75, 3.05) is 0 Å². The second-order valence-electron chi connectivity index (χ2n) is 6.77. The van der Waals surface area contributed by atoms with Crippen molar-refractivity contribution in [2.45, 2.75) is 72.0 Å². The van der Waals surface area contributed by atoms with E-state index in [1.54, 1.807) is 0 Å². The number of rotatable bonds is 2. The summed E-state index contributed by atoms with van der Waals surface area (Å²) in [7, 11) is -0.437. The molecule has 2 aliphatic rings. The molecule has 0 atom stereocenters. The van der Waals surface area contributed by atoms with Gasteiger partial charge in [0.05, 0.1) is 11.2 Å². The van der Waals surface area contributed by atoms with E-state index in [4.69, 9.17) is 9.31 Å². The summed E-state index contributed by atoms with van der Waals surface area (Å²) in [6.07, 6.45) is 4.15. The molecule has 1 fully saturated rings. The Morgan fingerprint density at radius 2 is 1.64 bits per heavy atom. The number of hydrogen-bond acceptors (Lipinski definition) is 3. The Balaban J connectivity index is 0.000000847. The molecule has 0 aromatic heterocycles. The summed E-state index contributed by atoms with van der Waals surface area (Å²) >= 11 is 0. The molecule has 0 N–H and O–H groups in total. The quantitative estimate of drug-likeness (QED) is 0.621. The van der Waals surface area contributed by atoms with Gasteiger partial charge in [-0.1, -0.05) is 26.0 Å². The molecule has 22 heavy (non-hydrogen) atoms. The van der Waals surface area contributed by atoms with Gasteiger partial charge in [-0.3, -0.25) is 4.79 Å². The van der Waals surface area contributed by atoms with E-state index in [9.17, 15) is 4.79 Å². The van der Waals surface area contributed by atoms with Crippen molar-refractivity contribution in [3.8, 4) is 0 Å². The van der Waals surface area contributed by atoms with Crippen LogP contribution in [0.1, 0.15) is 69.4 Å². The Bertz CT molecular complexity index is 548. The molecule has 0 saturated carbocycles. The molecular weight excluding hydrogens is 275 g/mol. The molecule has 0 amide bonds. The SMILES string of the molecule is CC.CC1(C)OB(c2c(C=O)ccc3c2CCC3)OC1(C)C. The highest BCUT2D eigenvalue weighted by molar-refractivity contribution is 6.64. The molecular formula is C18H27BO3. The van der Waals surface area contributed by atoms with Crippen LogP contribution in [0, 0.1) is 0 Å². The molecule has 120 valence electrons. The fourth-order valence-electron chi connectivity index (χ4n) is 3.06. The number of carbonyl (C=O) groups is 1. The number of aldehydes is 1. The van der Waals surface area contributed by atoms with E-state index in [0.717, 1.165) is 31.0 Å². The zero-order chi connectivity index (χ0) is 16.5. The van der Waals surface area contributed by atoms with Crippen LogP contribution in [-0.4, -0.2) is 24.6 Å². The summed E-state index contributed by atoms with van der Waals surface area (Å²) in [5.41, 5.74) is 3.49. The molecule has 4 heteroatoms. The van der Waals surface area contributed by atoms with E-state index in [1.165, 1.54) is 11.1 Å². The number of fused-ring (bicyclic) bond motifs is 1. The molecule has 1 heterocycles. The monoisotopic (exact) mass is 302 g/mol. The summed E-state index contributed by atoms with van der Waals surface area (Å²) in [5, 5.41) is 0. The van der Waals surface area contributed by atoms with Crippen LogP contribution in [-0.2, 0) is 22.2 Å². The number of benzene rings is 1. The smallest absolute Gasteiger partial charge is 0.399 e. The highest BCUT2D eigenvalue weighted by Gasteiger charge is 2.53. The Kier molecular flexibility index (Phi) is 4.83. The van der Waals surface area contributed by atoms with Gasteiger partial charge in [-0.05, 0) is 63.5 Å². The van der Waals surface area contributed by atoms with Crippen molar-refractivity contribution < 1.29 is 14.1 Å². The van der Waals surface area contributed by atoms with Gasteiger partial charge in [-0.25, -0.2) is 0 Å². The first-order chi connectivity index (χ1) is 10.4. The molecule has 3 rings (SSSR count). The molecule has 1 saturated heterocycles. The van der Waals surface area contributed by atoms with Crippen LogP contribution in [0.4, 0.5) is 0 Å². The van der Waals surface area contributed by atoms with Crippen LogP contribution >= 0.6 is 0 Å². The van der Waals surface area contributed by atoms with E-state index in [0.29, 0.717) is 5.56 Å². The Morgan fingerprint density at radius 3 is 2.18 bits per heavy atom. The van der Waals surface area contributed by atoms with Crippen LogP contribution in [0.15, 0.2) is 12.1 Å². The Labute approximate surface area is 134 Å². The van der Waals surface area contributed by atoms with Crippen molar-refractivity contribution >= 4 is 18.9 Å². The van der Waals surface area contributed by atoms with Gasteiger partial charge < -0.3 is 9.31 Å². The Morgan fingerprint density at radius 1 is 1.05 bits per heavy atom. The van der Waals surface area contributed by atoms with Crippen LogP contribution < -0.4 is 5.46 Å². The zero-order valence-electron chi connectivity index (χ0n) is 14.7. The van der Waals surface area contributed by atoms with Gasteiger partial charge in [-0.2, -0.15) is 0 Å². The van der Waals surface area contributed by atoms with Crippen LogP contribution in [0.3, 0.4) is 0 Å². The molecule has 3 nitrogen and oxygen atoms in total. The van der Waals surface area contributed by atoms with Crippen molar-refractivity contribution in [3.63, 3.8) is 0 Å². The van der Waals surface area contributed by atoms with Crippen molar-refractivity contribution in [1.82, 2.24) is 0 Å². The summed E-state index contributed by atoms with van der Waals surface area (Å²) in [4.78, 5) is 11.4. The van der Waals surface area contributed by atoms with Crippen molar-refractivity contribution in [2.24, 2.45) is 0 Å². The molecule has 0 bridgehead atoms. The third-order valence-corrected chi connectivity index (χ3v) is 4.98. The summed E-state index contributed by atoms with van der Waals surface area (Å²) in [6.45, 7) is 12.2. The molecule has 1 aliphatic heterocycles. The summed E-state index contributed by atoms with van der Waals surface area (Å²) in [5.74, 6) is 0. The van der Waals surface area contributed by atoms with E-state index >= 15 is 0 Å². The molecule has 1 aliphatic carbocycles. The van der Waals surface area contributed by atoms with Crippen molar-refractivity contribution in [3.05, 3.63) is 28.8 Å². The van der Waals surface area contributed by atoms with Gasteiger partial charge in [0.25, 0.3) is 0 Å². The molecule has 1 aromatic carbocycles.